The van der Waals surface area contributed by atoms with Crippen LogP contribution in [-0.4, -0.2) is 8.56 Å². The van der Waals surface area contributed by atoms with Crippen LogP contribution in [0.25, 0.3) is 11.1 Å². The van der Waals surface area contributed by atoms with Crippen molar-refractivity contribution in [1.82, 2.24) is 0 Å². The first-order valence-corrected chi connectivity index (χ1v) is 10.0. The SMILES string of the molecule is CC(C)(C)[Si]1(C(C)(C)C)Oc2ccccc2-c2ccccc2O1. The van der Waals surface area contributed by atoms with Crippen LogP contribution < -0.4 is 8.85 Å². The standard InChI is InChI=1S/C20H26O2Si/c1-19(2,3)23(20(4,5)6)21-17-13-9-7-11-15(17)16-12-8-10-14-18(16)22-23/h7-14H,1-6H3. The third kappa shape index (κ3) is 2.47. The fourth-order valence-corrected chi connectivity index (χ4v) is 8.12. The zero-order chi connectivity index (χ0) is 16.9. The fraction of sp³-hybridized carbons (Fsp3) is 0.400. The second-order valence-electron chi connectivity index (χ2n) is 8.31. The van der Waals surface area contributed by atoms with E-state index in [-0.39, 0.29) is 10.1 Å². The highest BCUT2D eigenvalue weighted by Gasteiger charge is 2.63. The van der Waals surface area contributed by atoms with E-state index in [2.05, 4.69) is 77.9 Å². The Morgan fingerprint density at radius 2 is 0.957 bits per heavy atom. The molecule has 0 saturated carbocycles. The summed E-state index contributed by atoms with van der Waals surface area (Å²) in [7, 11) is -2.64. The van der Waals surface area contributed by atoms with Gasteiger partial charge in [0, 0.05) is 21.2 Å². The third-order valence-corrected chi connectivity index (χ3v) is 9.51. The molecule has 0 aromatic heterocycles. The zero-order valence-corrected chi connectivity index (χ0v) is 15.9. The molecule has 0 unspecified atom stereocenters. The van der Waals surface area contributed by atoms with Crippen molar-refractivity contribution in [2.24, 2.45) is 0 Å². The van der Waals surface area contributed by atoms with Crippen LogP contribution in [0.1, 0.15) is 41.5 Å². The monoisotopic (exact) mass is 326 g/mol. The number of para-hydroxylation sites is 2. The minimum absolute atomic E-state index is 0.0736. The highest BCUT2D eigenvalue weighted by Crippen LogP contribution is 2.55. The second-order valence-corrected chi connectivity index (χ2v) is 13.0. The summed E-state index contributed by atoms with van der Waals surface area (Å²) < 4.78 is 13.5. The first kappa shape index (κ1) is 16.1. The van der Waals surface area contributed by atoms with Gasteiger partial charge in [-0.15, -0.1) is 0 Å². The van der Waals surface area contributed by atoms with Crippen LogP contribution in [0.4, 0.5) is 0 Å². The van der Waals surface area contributed by atoms with Crippen molar-refractivity contribution >= 4 is 8.56 Å². The summed E-state index contributed by atoms with van der Waals surface area (Å²) >= 11 is 0. The largest absolute Gasteiger partial charge is 0.511 e. The zero-order valence-electron chi connectivity index (χ0n) is 14.9. The number of hydrogen-bond acceptors (Lipinski definition) is 2. The van der Waals surface area contributed by atoms with Gasteiger partial charge in [0.25, 0.3) is 0 Å². The molecule has 2 nitrogen and oxygen atoms in total. The van der Waals surface area contributed by atoms with E-state index in [0.717, 1.165) is 22.6 Å². The van der Waals surface area contributed by atoms with Gasteiger partial charge in [-0.25, -0.2) is 0 Å². The molecule has 0 amide bonds. The Morgan fingerprint density at radius 1 is 0.609 bits per heavy atom. The van der Waals surface area contributed by atoms with Gasteiger partial charge in [0.15, 0.2) is 0 Å². The number of rotatable bonds is 0. The topological polar surface area (TPSA) is 18.5 Å². The Bertz CT molecular complexity index is 659. The van der Waals surface area contributed by atoms with Crippen molar-refractivity contribution < 1.29 is 8.85 Å². The molecule has 122 valence electrons. The number of fused-ring (bicyclic) bond motifs is 3. The molecule has 1 aliphatic rings. The third-order valence-electron chi connectivity index (χ3n) is 4.55. The van der Waals surface area contributed by atoms with E-state index in [1.807, 2.05) is 12.1 Å². The Hall–Kier alpha value is -1.74. The molecule has 3 rings (SSSR count). The normalized spacial score (nSPS) is 16.4. The molecule has 2 aromatic carbocycles. The van der Waals surface area contributed by atoms with Crippen molar-refractivity contribution in [2.45, 2.75) is 51.6 Å². The predicted molar refractivity (Wildman–Crippen MR) is 98.3 cm³/mol. The average molecular weight is 327 g/mol. The molecule has 0 fully saturated rings. The highest BCUT2D eigenvalue weighted by atomic mass is 28.4. The van der Waals surface area contributed by atoms with Gasteiger partial charge in [-0.3, -0.25) is 0 Å². The Morgan fingerprint density at radius 3 is 1.30 bits per heavy atom. The van der Waals surface area contributed by atoms with Crippen molar-refractivity contribution in [3.8, 4) is 22.6 Å². The number of benzene rings is 2. The van der Waals surface area contributed by atoms with Crippen molar-refractivity contribution in [3.63, 3.8) is 0 Å². The van der Waals surface area contributed by atoms with Gasteiger partial charge in [0.1, 0.15) is 11.5 Å². The molecule has 0 radical (unpaired) electrons. The molecule has 1 heterocycles. The lowest BCUT2D eigenvalue weighted by Crippen LogP contribution is -2.62. The highest BCUT2D eigenvalue weighted by molar-refractivity contribution is 6.75. The Kier molecular flexibility index (Phi) is 3.60. The van der Waals surface area contributed by atoms with Crippen LogP contribution in [0.15, 0.2) is 48.5 Å². The summed E-state index contributed by atoms with van der Waals surface area (Å²) in [5.41, 5.74) is 2.23. The molecular formula is C20H26O2Si. The van der Waals surface area contributed by atoms with Gasteiger partial charge >= 0.3 is 8.56 Å². The minimum Gasteiger partial charge on any atom is -0.511 e. The van der Waals surface area contributed by atoms with Crippen LogP contribution in [0.3, 0.4) is 0 Å². The van der Waals surface area contributed by atoms with Gasteiger partial charge in [-0.1, -0.05) is 77.9 Å². The molecular weight excluding hydrogens is 300 g/mol. The van der Waals surface area contributed by atoms with Crippen LogP contribution in [-0.2, 0) is 0 Å². The minimum atomic E-state index is -2.64. The smallest absolute Gasteiger partial charge is 0.471 e. The van der Waals surface area contributed by atoms with Gasteiger partial charge in [-0.05, 0) is 12.1 Å². The number of hydrogen-bond donors (Lipinski definition) is 0. The summed E-state index contributed by atoms with van der Waals surface area (Å²) in [5, 5.41) is -0.147. The van der Waals surface area contributed by atoms with Gasteiger partial charge < -0.3 is 8.85 Å². The lowest BCUT2D eigenvalue weighted by atomic mass is 10.0. The van der Waals surface area contributed by atoms with Crippen molar-refractivity contribution in [3.05, 3.63) is 48.5 Å². The summed E-state index contributed by atoms with van der Waals surface area (Å²) in [6.45, 7) is 13.4. The molecule has 23 heavy (non-hydrogen) atoms. The van der Waals surface area contributed by atoms with Gasteiger partial charge in [0.05, 0.1) is 0 Å². The summed E-state index contributed by atoms with van der Waals surface area (Å²) in [5.74, 6) is 1.88. The Labute approximate surface area is 140 Å². The lowest BCUT2D eigenvalue weighted by Gasteiger charge is -2.47. The summed E-state index contributed by atoms with van der Waals surface area (Å²) in [4.78, 5) is 0. The van der Waals surface area contributed by atoms with E-state index in [1.54, 1.807) is 0 Å². The van der Waals surface area contributed by atoms with Crippen LogP contribution in [0.2, 0.25) is 10.1 Å². The van der Waals surface area contributed by atoms with E-state index in [0.29, 0.717) is 0 Å². The molecule has 0 aliphatic carbocycles. The molecule has 2 aromatic rings. The summed E-state index contributed by atoms with van der Waals surface area (Å²) in [6, 6.07) is 16.6. The maximum Gasteiger partial charge on any atom is 0.471 e. The van der Waals surface area contributed by atoms with E-state index in [1.165, 1.54) is 0 Å². The van der Waals surface area contributed by atoms with E-state index < -0.39 is 8.56 Å². The molecule has 0 bridgehead atoms. The maximum absolute atomic E-state index is 6.77. The molecule has 0 spiro atoms. The maximum atomic E-state index is 6.77. The molecule has 0 atom stereocenters. The van der Waals surface area contributed by atoms with Gasteiger partial charge in [0.2, 0.25) is 0 Å². The quantitative estimate of drug-likeness (QED) is 0.539. The Balaban J connectivity index is 2.33. The van der Waals surface area contributed by atoms with Crippen molar-refractivity contribution in [1.29, 1.82) is 0 Å². The summed E-state index contributed by atoms with van der Waals surface area (Å²) in [6.07, 6.45) is 0. The molecule has 0 saturated heterocycles. The van der Waals surface area contributed by atoms with Crippen LogP contribution >= 0.6 is 0 Å². The van der Waals surface area contributed by atoms with E-state index >= 15 is 0 Å². The molecule has 1 aliphatic heterocycles. The van der Waals surface area contributed by atoms with Crippen molar-refractivity contribution in [2.75, 3.05) is 0 Å². The molecule has 0 N–H and O–H groups in total. The van der Waals surface area contributed by atoms with Gasteiger partial charge in [-0.2, -0.15) is 0 Å². The van der Waals surface area contributed by atoms with E-state index in [4.69, 9.17) is 8.85 Å². The van der Waals surface area contributed by atoms with E-state index in [9.17, 15) is 0 Å². The second kappa shape index (κ2) is 5.13. The van der Waals surface area contributed by atoms with Crippen LogP contribution in [0.5, 0.6) is 11.5 Å². The van der Waals surface area contributed by atoms with Crippen LogP contribution in [0, 0.1) is 0 Å². The first-order chi connectivity index (χ1) is 10.7. The average Bonchev–Trinajstić information content (AvgIpc) is 2.61. The molecule has 3 heteroatoms. The first-order valence-electron chi connectivity index (χ1n) is 8.22. The lowest BCUT2D eigenvalue weighted by molar-refractivity contribution is 0.299. The predicted octanol–water partition coefficient (Wildman–Crippen LogP) is 6.17. The fourth-order valence-electron chi connectivity index (χ4n) is 3.62.